The summed E-state index contributed by atoms with van der Waals surface area (Å²) >= 11 is 0. The maximum atomic E-state index is 12.3. The van der Waals surface area contributed by atoms with Crippen molar-refractivity contribution >= 4 is 11.6 Å². The molecule has 0 spiro atoms. The summed E-state index contributed by atoms with van der Waals surface area (Å²) in [6.45, 7) is 6.92. The zero-order valence-corrected chi connectivity index (χ0v) is 17.6. The maximum absolute atomic E-state index is 12.3. The van der Waals surface area contributed by atoms with Gasteiger partial charge in [0.25, 0.3) is 5.56 Å². The Morgan fingerprint density at radius 2 is 1.83 bits per heavy atom. The average molecular weight is 405 g/mol. The molecule has 0 saturated carbocycles. The van der Waals surface area contributed by atoms with E-state index in [9.17, 15) is 9.59 Å². The van der Waals surface area contributed by atoms with Gasteiger partial charge < -0.3 is 10.1 Å². The summed E-state index contributed by atoms with van der Waals surface area (Å²) < 4.78 is 6.87. The Bertz CT molecular complexity index is 1070. The molecular weight excluding hydrogens is 378 g/mol. The van der Waals surface area contributed by atoms with Crippen LogP contribution in [0, 0.1) is 13.8 Å². The molecule has 3 aromatic rings. The quantitative estimate of drug-likeness (QED) is 0.605. The molecule has 1 N–H and O–H groups in total. The average Bonchev–Trinajstić information content (AvgIpc) is 2.72. The van der Waals surface area contributed by atoms with Gasteiger partial charge in [-0.15, -0.1) is 0 Å². The number of aromatic nitrogens is 2. The Kier molecular flexibility index (Phi) is 7.01. The van der Waals surface area contributed by atoms with E-state index in [1.165, 1.54) is 10.7 Å². The van der Waals surface area contributed by atoms with Crippen molar-refractivity contribution in [3.05, 3.63) is 76.1 Å². The number of hydrogen-bond donors (Lipinski definition) is 1. The largest absolute Gasteiger partial charge is 0.494 e. The van der Waals surface area contributed by atoms with Crippen LogP contribution in [0.5, 0.6) is 5.75 Å². The van der Waals surface area contributed by atoms with Crippen LogP contribution in [0.2, 0.25) is 0 Å². The standard InChI is InChI=1S/C24H27N3O3/c1-4-30-20-10-8-19(9-11-20)22-13-14-24(29)27(26-22)15-5-6-23(28)25-21-12-7-17(2)16-18(21)3/h7-14,16H,4-6,15H2,1-3H3,(H,25,28). The molecule has 0 atom stereocenters. The maximum Gasteiger partial charge on any atom is 0.266 e. The second-order valence-electron chi connectivity index (χ2n) is 7.21. The third-order valence-corrected chi connectivity index (χ3v) is 4.76. The molecule has 0 aliphatic carbocycles. The van der Waals surface area contributed by atoms with Gasteiger partial charge in [-0.1, -0.05) is 17.7 Å². The number of rotatable bonds is 8. The molecule has 1 heterocycles. The van der Waals surface area contributed by atoms with E-state index in [0.717, 1.165) is 28.1 Å². The van der Waals surface area contributed by atoms with Gasteiger partial charge in [0.15, 0.2) is 0 Å². The second kappa shape index (κ2) is 9.87. The minimum Gasteiger partial charge on any atom is -0.494 e. The fourth-order valence-corrected chi connectivity index (χ4v) is 3.21. The van der Waals surface area contributed by atoms with Gasteiger partial charge in [-0.2, -0.15) is 5.10 Å². The van der Waals surface area contributed by atoms with Crippen molar-refractivity contribution < 1.29 is 9.53 Å². The molecular formula is C24H27N3O3. The van der Waals surface area contributed by atoms with Crippen molar-refractivity contribution in [1.29, 1.82) is 0 Å². The molecule has 0 unspecified atom stereocenters. The summed E-state index contributed by atoms with van der Waals surface area (Å²) in [7, 11) is 0. The van der Waals surface area contributed by atoms with Crippen LogP contribution >= 0.6 is 0 Å². The highest BCUT2D eigenvalue weighted by Crippen LogP contribution is 2.20. The van der Waals surface area contributed by atoms with Crippen LogP contribution in [-0.2, 0) is 11.3 Å². The van der Waals surface area contributed by atoms with Gasteiger partial charge in [-0.05, 0) is 69.2 Å². The van der Waals surface area contributed by atoms with Crippen molar-refractivity contribution in [1.82, 2.24) is 9.78 Å². The lowest BCUT2D eigenvalue weighted by Gasteiger charge is -2.10. The van der Waals surface area contributed by atoms with Gasteiger partial charge in [-0.3, -0.25) is 9.59 Å². The lowest BCUT2D eigenvalue weighted by atomic mass is 10.1. The summed E-state index contributed by atoms with van der Waals surface area (Å²) in [6, 6.07) is 16.7. The molecule has 6 nitrogen and oxygen atoms in total. The predicted molar refractivity (Wildman–Crippen MR) is 119 cm³/mol. The van der Waals surface area contributed by atoms with E-state index in [-0.39, 0.29) is 11.5 Å². The number of carbonyl (C=O) groups excluding carboxylic acids is 1. The summed E-state index contributed by atoms with van der Waals surface area (Å²) in [5, 5.41) is 7.39. The fourth-order valence-electron chi connectivity index (χ4n) is 3.21. The van der Waals surface area contributed by atoms with E-state index in [1.54, 1.807) is 6.07 Å². The summed E-state index contributed by atoms with van der Waals surface area (Å²) in [4.78, 5) is 24.4. The predicted octanol–water partition coefficient (Wildman–Crippen LogP) is 4.34. The van der Waals surface area contributed by atoms with Crippen LogP contribution in [0.3, 0.4) is 0 Å². The third-order valence-electron chi connectivity index (χ3n) is 4.76. The summed E-state index contributed by atoms with van der Waals surface area (Å²) in [5.41, 5.74) is 4.43. The van der Waals surface area contributed by atoms with Crippen LogP contribution in [0.4, 0.5) is 5.69 Å². The lowest BCUT2D eigenvalue weighted by Crippen LogP contribution is -2.23. The molecule has 0 saturated heterocycles. The lowest BCUT2D eigenvalue weighted by molar-refractivity contribution is -0.116. The van der Waals surface area contributed by atoms with Crippen LogP contribution in [0.1, 0.15) is 30.9 Å². The first-order valence-corrected chi connectivity index (χ1v) is 10.1. The van der Waals surface area contributed by atoms with Gasteiger partial charge in [0, 0.05) is 30.3 Å². The number of anilines is 1. The van der Waals surface area contributed by atoms with Crippen LogP contribution < -0.4 is 15.6 Å². The second-order valence-corrected chi connectivity index (χ2v) is 7.21. The minimum atomic E-state index is -0.181. The summed E-state index contributed by atoms with van der Waals surface area (Å²) in [6.07, 6.45) is 0.838. The Morgan fingerprint density at radius 3 is 2.53 bits per heavy atom. The fraction of sp³-hybridized carbons (Fsp3) is 0.292. The number of carbonyl (C=O) groups is 1. The molecule has 0 radical (unpaired) electrons. The van der Waals surface area contributed by atoms with Crippen molar-refractivity contribution in [2.24, 2.45) is 0 Å². The number of nitrogens with zero attached hydrogens (tertiary/aromatic N) is 2. The van der Waals surface area contributed by atoms with E-state index >= 15 is 0 Å². The molecule has 0 fully saturated rings. The van der Waals surface area contributed by atoms with E-state index in [2.05, 4.69) is 10.4 Å². The molecule has 156 valence electrons. The van der Waals surface area contributed by atoms with Crippen LogP contribution in [0.15, 0.2) is 59.4 Å². The van der Waals surface area contributed by atoms with Crippen LogP contribution in [0.25, 0.3) is 11.3 Å². The first-order chi connectivity index (χ1) is 14.5. The zero-order chi connectivity index (χ0) is 21.5. The van der Waals surface area contributed by atoms with Gasteiger partial charge in [-0.25, -0.2) is 4.68 Å². The number of aryl methyl sites for hydroxylation is 3. The van der Waals surface area contributed by atoms with Crippen molar-refractivity contribution in [2.75, 3.05) is 11.9 Å². The normalized spacial score (nSPS) is 10.6. The Hall–Kier alpha value is -3.41. The highest BCUT2D eigenvalue weighted by Gasteiger charge is 2.08. The van der Waals surface area contributed by atoms with E-state index in [4.69, 9.17) is 4.74 Å². The molecule has 6 heteroatoms. The monoisotopic (exact) mass is 405 g/mol. The molecule has 0 bridgehead atoms. The number of ether oxygens (including phenoxy) is 1. The highest BCUT2D eigenvalue weighted by molar-refractivity contribution is 5.91. The molecule has 1 aromatic heterocycles. The molecule has 0 aliphatic heterocycles. The van der Waals surface area contributed by atoms with Gasteiger partial charge in [0.1, 0.15) is 5.75 Å². The van der Waals surface area contributed by atoms with Crippen LogP contribution in [-0.4, -0.2) is 22.3 Å². The Labute approximate surface area is 176 Å². The van der Waals surface area contributed by atoms with Gasteiger partial charge >= 0.3 is 0 Å². The molecule has 3 rings (SSSR count). The third kappa shape index (κ3) is 5.56. The molecule has 1 amide bonds. The SMILES string of the molecule is CCOc1ccc(-c2ccc(=O)n(CCCC(=O)Nc3ccc(C)cc3C)n2)cc1. The minimum absolute atomic E-state index is 0.0716. The van der Waals surface area contributed by atoms with E-state index in [0.29, 0.717) is 31.7 Å². The van der Waals surface area contributed by atoms with Gasteiger partial charge in [0.2, 0.25) is 5.91 Å². The number of hydrogen-bond acceptors (Lipinski definition) is 4. The Morgan fingerprint density at radius 1 is 1.07 bits per heavy atom. The summed E-state index contributed by atoms with van der Waals surface area (Å²) in [5.74, 6) is 0.724. The Balaban J connectivity index is 1.60. The van der Waals surface area contributed by atoms with Crippen molar-refractivity contribution in [3.8, 4) is 17.0 Å². The first kappa shape index (κ1) is 21.3. The molecule has 2 aromatic carbocycles. The first-order valence-electron chi connectivity index (χ1n) is 10.1. The number of nitrogens with one attached hydrogen (secondary N) is 1. The highest BCUT2D eigenvalue weighted by atomic mass is 16.5. The van der Waals surface area contributed by atoms with Crippen molar-refractivity contribution in [3.63, 3.8) is 0 Å². The van der Waals surface area contributed by atoms with E-state index in [1.807, 2.05) is 63.2 Å². The molecule has 30 heavy (non-hydrogen) atoms. The van der Waals surface area contributed by atoms with E-state index < -0.39 is 0 Å². The van der Waals surface area contributed by atoms with Crippen molar-refractivity contribution in [2.45, 2.75) is 40.2 Å². The zero-order valence-electron chi connectivity index (χ0n) is 17.6. The molecule has 0 aliphatic rings. The topological polar surface area (TPSA) is 73.2 Å². The number of benzene rings is 2. The number of amides is 1. The van der Waals surface area contributed by atoms with Gasteiger partial charge in [0.05, 0.1) is 12.3 Å². The smallest absolute Gasteiger partial charge is 0.266 e.